The number of likely N-dealkylation sites (tertiary alicyclic amines) is 1. The van der Waals surface area contributed by atoms with Crippen molar-refractivity contribution in [2.75, 3.05) is 13.7 Å². The molecule has 1 aliphatic heterocycles. The largest absolute Gasteiger partial charge is 0.497 e. The number of hydrogen-bond acceptors (Lipinski definition) is 8. The molecule has 13 heteroatoms. The van der Waals surface area contributed by atoms with Crippen LogP contribution in [0.3, 0.4) is 0 Å². The summed E-state index contributed by atoms with van der Waals surface area (Å²) in [5.41, 5.74) is -1.26. The maximum absolute atomic E-state index is 14.4. The molecule has 0 bridgehead atoms. The minimum absolute atomic E-state index is 0.0451. The number of aliphatic hydroxyl groups excluding tert-OH is 1. The molecule has 5 N–H and O–H groups in total. The standard InChI is InChI=1S/C35H52N6O7/c1-9-10-25(27(42)30(44)37-21-11-12-21)38-29(43)26-18-23(48-31-24-14-13-22(47-8)17-20(24)15-16-36-31)19-41(26)32(45)28(34(2,3)4)39-33(46)40-35(5,6)7/h13-17,21,23,25-28,42H,9-12,18-19H2,1-8H3,(H,37,44)(H,38,43)(H2,39,40,46)/t23-,25+,26?,27?,28-/m1/s1. The summed E-state index contributed by atoms with van der Waals surface area (Å²) in [4.78, 5) is 60.0. The molecule has 1 aromatic heterocycles. The lowest BCUT2D eigenvalue weighted by molar-refractivity contribution is -0.143. The van der Waals surface area contributed by atoms with Gasteiger partial charge in [0.25, 0.3) is 5.91 Å². The van der Waals surface area contributed by atoms with Gasteiger partial charge in [-0.3, -0.25) is 14.4 Å². The number of nitrogens with one attached hydrogen (secondary N) is 4. The third-order valence-electron chi connectivity index (χ3n) is 8.44. The van der Waals surface area contributed by atoms with Crippen LogP contribution >= 0.6 is 0 Å². The number of ether oxygens (including phenoxy) is 2. The number of carbonyl (C=O) groups excluding carboxylic acids is 4. The highest BCUT2D eigenvalue weighted by molar-refractivity contribution is 5.94. The number of amides is 5. The maximum atomic E-state index is 14.4. The van der Waals surface area contributed by atoms with E-state index in [2.05, 4.69) is 26.3 Å². The number of aliphatic hydroxyl groups is 1. The molecule has 2 fully saturated rings. The minimum Gasteiger partial charge on any atom is -0.497 e. The van der Waals surface area contributed by atoms with Gasteiger partial charge in [0.2, 0.25) is 17.7 Å². The minimum atomic E-state index is -1.45. The Bertz CT molecular complexity index is 1480. The number of pyridine rings is 1. The molecule has 2 heterocycles. The number of methoxy groups -OCH3 is 1. The highest BCUT2D eigenvalue weighted by atomic mass is 16.5. The van der Waals surface area contributed by atoms with Crippen molar-refractivity contribution >= 4 is 34.5 Å². The Balaban J connectivity index is 1.62. The number of rotatable bonds is 12. The Kier molecular flexibility index (Phi) is 11.4. The Hall–Kier alpha value is -4.13. The number of benzene rings is 1. The van der Waals surface area contributed by atoms with Crippen molar-refractivity contribution in [3.63, 3.8) is 0 Å². The van der Waals surface area contributed by atoms with E-state index in [4.69, 9.17) is 9.47 Å². The Labute approximate surface area is 282 Å². The van der Waals surface area contributed by atoms with Crippen LogP contribution in [0.4, 0.5) is 4.79 Å². The second-order valence-corrected chi connectivity index (χ2v) is 15.0. The number of hydrogen-bond donors (Lipinski definition) is 5. The van der Waals surface area contributed by atoms with E-state index >= 15 is 0 Å². The SMILES string of the molecule is CCC[C@H](NC(=O)C1C[C@@H](Oc2nccc3cc(OC)ccc23)CN1C(=O)[C@@H](NC(=O)NC(C)(C)C)C(C)(C)C)C(O)C(=O)NC1CC1. The number of urea groups is 1. The van der Waals surface area contributed by atoms with Crippen LogP contribution in [0.2, 0.25) is 0 Å². The van der Waals surface area contributed by atoms with Gasteiger partial charge in [0, 0.05) is 29.6 Å². The summed E-state index contributed by atoms with van der Waals surface area (Å²) >= 11 is 0. The molecule has 48 heavy (non-hydrogen) atoms. The van der Waals surface area contributed by atoms with Gasteiger partial charge in [0.1, 0.15) is 23.9 Å². The first-order valence-electron chi connectivity index (χ1n) is 16.8. The molecule has 1 saturated carbocycles. The quantitative estimate of drug-likeness (QED) is 0.230. The summed E-state index contributed by atoms with van der Waals surface area (Å²) in [6, 6.07) is 4.04. The molecule has 1 aliphatic carbocycles. The fourth-order valence-electron chi connectivity index (χ4n) is 5.80. The molecule has 2 aliphatic rings. The van der Waals surface area contributed by atoms with E-state index in [0.717, 1.165) is 23.6 Å². The van der Waals surface area contributed by atoms with E-state index < -0.39 is 65.0 Å². The van der Waals surface area contributed by atoms with Gasteiger partial charge in [-0.05, 0) is 75.1 Å². The van der Waals surface area contributed by atoms with Gasteiger partial charge in [-0.15, -0.1) is 0 Å². The van der Waals surface area contributed by atoms with Crippen molar-refractivity contribution < 1.29 is 33.8 Å². The van der Waals surface area contributed by atoms with Crippen LogP contribution in [-0.2, 0) is 14.4 Å². The maximum Gasteiger partial charge on any atom is 0.315 e. The van der Waals surface area contributed by atoms with Crippen LogP contribution in [-0.4, -0.2) is 94.3 Å². The molecule has 2 unspecified atom stereocenters. The molecular weight excluding hydrogens is 616 g/mol. The van der Waals surface area contributed by atoms with Crippen molar-refractivity contribution in [3.05, 3.63) is 30.5 Å². The molecule has 0 spiro atoms. The smallest absolute Gasteiger partial charge is 0.315 e. The molecule has 2 aromatic rings. The van der Waals surface area contributed by atoms with E-state index in [-0.39, 0.29) is 19.0 Å². The third kappa shape index (κ3) is 9.48. The monoisotopic (exact) mass is 668 g/mol. The third-order valence-corrected chi connectivity index (χ3v) is 8.44. The average Bonchev–Trinajstić information content (AvgIpc) is 3.72. The molecule has 13 nitrogen and oxygen atoms in total. The van der Waals surface area contributed by atoms with Crippen LogP contribution in [0.1, 0.15) is 80.6 Å². The summed E-state index contributed by atoms with van der Waals surface area (Å²) in [5.74, 6) is -0.474. The lowest BCUT2D eigenvalue weighted by atomic mass is 9.85. The fraction of sp³-hybridized carbons (Fsp3) is 0.629. The normalized spacial score (nSPS) is 20.0. The summed E-state index contributed by atoms with van der Waals surface area (Å²) in [5, 5.41) is 23.9. The molecule has 1 aromatic carbocycles. The Morgan fingerprint density at radius 2 is 1.77 bits per heavy atom. The average molecular weight is 669 g/mol. The first kappa shape index (κ1) is 36.7. The summed E-state index contributed by atoms with van der Waals surface area (Å²) in [7, 11) is 1.59. The van der Waals surface area contributed by atoms with E-state index in [1.54, 1.807) is 19.4 Å². The van der Waals surface area contributed by atoms with Gasteiger partial charge in [-0.1, -0.05) is 34.1 Å². The van der Waals surface area contributed by atoms with Crippen LogP contribution in [0.15, 0.2) is 30.5 Å². The molecule has 264 valence electrons. The van der Waals surface area contributed by atoms with Gasteiger partial charge < -0.3 is 40.7 Å². The predicted octanol–water partition coefficient (Wildman–Crippen LogP) is 3.03. The predicted molar refractivity (Wildman–Crippen MR) is 182 cm³/mol. The van der Waals surface area contributed by atoms with Crippen LogP contribution in [0.5, 0.6) is 11.6 Å². The van der Waals surface area contributed by atoms with Crippen LogP contribution in [0, 0.1) is 5.41 Å². The number of nitrogens with zero attached hydrogens (tertiary/aromatic N) is 2. The summed E-state index contributed by atoms with van der Waals surface area (Å²) in [6.45, 7) is 13.0. The van der Waals surface area contributed by atoms with E-state index in [0.29, 0.717) is 24.5 Å². The second kappa shape index (κ2) is 15.0. The molecule has 5 amide bonds. The topological polar surface area (TPSA) is 171 Å². The van der Waals surface area contributed by atoms with Crippen molar-refractivity contribution in [2.45, 2.75) is 122 Å². The van der Waals surface area contributed by atoms with Gasteiger partial charge in [0.05, 0.1) is 19.7 Å². The summed E-state index contributed by atoms with van der Waals surface area (Å²) in [6.07, 6.45) is 2.35. The lowest BCUT2D eigenvalue weighted by Gasteiger charge is -2.36. The number of fused-ring (bicyclic) bond motifs is 1. The van der Waals surface area contributed by atoms with E-state index in [1.165, 1.54) is 4.90 Å². The lowest BCUT2D eigenvalue weighted by Crippen LogP contribution is -2.61. The first-order valence-corrected chi connectivity index (χ1v) is 16.8. The van der Waals surface area contributed by atoms with E-state index in [1.807, 2.05) is 66.7 Å². The van der Waals surface area contributed by atoms with Gasteiger partial charge in [-0.25, -0.2) is 9.78 Å². The molecular formula is C35H52N6O7. The van der Waals surface area contributed by atoms with Gasteiger partial charge >= 0.3 is 6.03 Å². The molecule has 4 rings (SSSR count). The molecule has 5 atom stereocenters. The highest BCUT2D eigenvalue weighted by Gasteiger charge is 2.47. The van der Waals surface area contributed by atoms with Crippen molar-refractivity contribution in [2.24, 2.45) is 5.41 Å². The number of aromatic nitrogens is 1. The molecule has 1 saturated heterocycles. The zero-order valence-corrected chi connectivity index (χ0v) is 29.4. The zero-order valence-electron chi connectivity index (χ0n) is 29.4. The van der Waals surface area contributed by atoms with Gasteiger partial charge in [-0.2, -0.15) is 0 Å². The van der Waals surface area contributed by atoms with Crippen LogP contribution < -0.4 is 30.7 Å². The van der Waals surface area contributed by atoms with Crippen molar-refractivity contribution in [3.8, 4) is 11.6 Å². The highest BCUT2D eigenvalue weighted by Crippen LogP contribution is 2.32. The fourth-order valence-corrected chi connectivity index (χ4v) is 5.80. The Morgan fingerprint density at radius 1 is 1.06 bits per heavy atom. The van der Waals surface area contributed by atoms with E-state index in [9.17, 15) is 24.3 Å². The zero-order chi connectivity index (χ0) is 35.4. The van der Waals surface area contributed by atoms with Crippen molar-refractivity contribution in [1.29, 1.82) is 0 Å². The Morgan fingerprint density at radius 3 is 2.38 bits per heavy atom. The summed E-state index contributed by atoms with van der Waals surface area (Å²) < 4.78 is 11.7. The van der Waals surface area contributed by atoms with Crippen molar-refractivity contribution in [1.82, 2.24) is 31.2 Å². The van der Waals surface area contributed by atoms with Crippen LogP contribution in [0.25, 0.3) is 10.8 Å². The molecule has 0 radical (unpaired) electrons. The first-order chi connectivity index (χ1) is 22.5. The van der Waals surface area contributed by atoms with Gasteiger partial charge in [0.15, 0.2) is 6.10 Å². The number of carbonyl (C=O) groups is 4. The second-order valence-electron chi connectivity index (χ2n) is 15.0.